The van der Waals surface area contributed by atoms with Crippen LogP contribution < -0.4 is 0 Å². The van der Waals surface area contributed by atoms with Crippen molar-refractivity contribution in [3.63, 3.8) is 0 Å². The maximum absolute atomic E-state index is 11.8. The van der Waals surface area contributed by atoms with E-state index in [-0.39, 0.29) is 19.8 Å². The third-order valence-electron chi connectivity index (χ3n) is 4.88. The smallest absolute Gasteiger partial charge is 0.305 e. The molecule has 4 atom stereocenters. The molecule has 2 aromatic rings. The average Bonchev–Trinajstić information content (AvgIpc) is 3.05. The molecule has 1 fully saturated rings. The molecule has 2 aromatic carbocycles. The number of rotatable bonds is 9. The topological polar surface area (TPSA) is 80.3 Å². The SMILES string of the molecule is C#C[C@]1(COCc2ccccc2)O[C@@H](OC(C)=O)[C@H](OC(C)=O)[C@@H]1OCc1ccccc1. The van der Waals surface area contributed by atoms with E-state index in [2.05, 4.69) is 5.92 Å². The fourth-order valence-electron chi connectivity index (χ4n) is 3.47. The minimum Gasteiger partial charge on any atom is -0.453 e. The maximum Gasteiger partial charge on any atom is 0.305 e. The molecule has 7 heteroatoms. The molecule has 1 aliphatic heterocycles. The van der Waals surface area contributed by atoms with Crippen LogP contribution in [0.3, 0.4) is 0 Å². The van der Waals surface area contributed by atoms with Crippen LogP contribution in [0, 0.1) is 12.3 Å². The minimum absolute atomic E-state index is 0.0621. The molecule has 0 radical (unpaired) electrons. The largest absolute Gasteiger partial charge is 0.453 e. The standard InChI is InChI=1S/C25H26O7/c1-4-25(17-28-15-20-11-7-5-8-12-20)23(29-16-21-13-9-6-10-14-21)22(30-18(2)26)24(32-25)31-19(3)27/h1,5-14,22-24H,15-17H2,2-3H3/t22-,23+,24-,25-/m1/s1. The fourth-order valence-corrected chi connectivity index (χ4v) is 3.47. The predicted molar refractivity (Wildman–Crippen MR) is 115 cm³/mol. The van der Waals surface area contributed by atoms with E-state index < -0.39 is 36.0 Å². The van der Waals surface area contributed by atoms with Crippen molar-refractivity contribution in [2.75, 3.05) is 6.61 Å². The van der Waals surface area contributed by atoms with E-state index in [0.29, 0.717) is 0 Å². The van der Waals surface area contributed by atoms with Crippen molar-refractivity contribution in [1.29, 1.82) is 0 Å². The highest BCUT2D eigenvalue weighted by atomic mass is 16.8. The fraction of sp³-hybridized carbons (Fsp3) is 0.360. The average molecular weight is 438 g/mol. The van der Waals surface area contributed by atoms with E-state index in [1.807, 2.05) is 60.7 Å². The molecule has 0 bridgehead atoms. The van der Waals surface area contributed by atoms with Crippen LogP contribution >= 0.6 is 0 Å². The van der Waals surface area contributed by atoms with E-state index in [4.69, 9.17) is 30.1 Å². The second-order valence-corrected chi connectivity index (χ2v) is 7.40. The number of benzene rings is 2. The summed E-state index contributed by atoms with van der Waals surface area (Å²) in [7, 11) is 0. The van der Waals surface area contributed by atoms with Gasteiger partial charge in [-0.1, -0.05) is 66.6 Å². The lowest BCUT2D eigenvalue weighted by molar-refractivity contribution is -0.203. The second kappa shape index (κ2) is 10.9. The van der Waals surface area contributed by atoms with Crippen molar-refractivity contribution in [3.8, 4) is 12.3 Å². The van der Waals surface area contributed by atoms with E-state index in [9.17, 15) is 9.59 Å². The predicted octanol–water partition coefficient (Wildman–Crippen LogP) is 3.01. The van der Waals surface area contributed by atoms with Crippen molar-refractivity contribution in [1.82, 2.24) is 0 Å². The zero-order chi connectivity index (χ0) is 23.0. The van der Waals surface area contributed by atoms with E-state index in [1.165, 1.54) is 13.8 Å². The number of ether oxygens (including phenoxy) is 5. The molecule has 0 spiro atoms. The molecule has 0 aromatic heterocycles. The van der Waals surface area contributed by atoms with Gasteiger partial charge in [0, 0.05) is 13.8 Å². The molecule has 0 saturated carbocycles. The zero-order valence-corrected chi connectivity index (χ0v) is 18.1. The summed E-state index contributed by atoms with van der Waals surface area (Å²) in [4.78, 5) is 23.4. The highest BCUT2D eigenvalue weighted by Crippen LogP contribution is 2.37. The van der Waals surface area contributed by atoms with Crippen LogP contribution in [0.15, 0.2) is 60.7 Å². The monoisotopic (exact) mass is 438 g/mol. The quantitative estimate of drug-likeness (QED) is 0.440. The Morgan fingerprint density at radius 2 is 1.50 bits per heavy atom. The van der Waals surface area contributed by atoms with Gasteiger partial charge in [0.1, 0.15) is 6.10 Å². The lowest BCUT2D eigenvalue weighted by Gasteiger charge is -2.30. The lowest BCUT2D eigenvalue weighted by Crippen LogP contribution is -2.48. The molecular formula is C25H26O7. The van der Waals surface area contributed by atoms with Crippen LogP contribution in [-0.4, -0.2) is 42.6 Å². The molecule has 168 valence electrons. The van der Waals surface area contributed by atoms with Gasteiger partial charge >= 0.3 is 11.9 Å². The maximum atomic E-state index is 11.8. The summed E-state index contributed by atoms with van der Waals surface area (Å²) in [5, 5.41) is 0. The molecule has 0 aliphatic carbocycles. The summed E-state index contributed by atoms with van der Waals surface area (Å²) in [5.41, 5.74) is 0.401. The number of terminal acetylenes is 1. The van der Waals surface area contributed by atoms with Gasteiger partial charge in [-0.15, -0.1) is 6.42 Å². The molecule has 3 rings (SSSR count). The normalized spacial score (nSPS) is 24.5. The van der Waals surface area contributed by atoms with Crippen LogP contribution in [0.25, 0.3) is 0 Å². The summed E-state index contributed by atoms with van der Waals surface area (Å²) in [5.74, 6) is 1.42. The summed E-state index contributed by atoms with van der Waals surface area (Å²) in [6, 6.07) is 19.0. The molecule has 32 heavy (non-hydrogen) atoms. The first-order chi connectivity index (χ1) is 15.4. The van der Waals surface area contributed by atoms with Gasteiger partial charge in [0.25, 0.3) is 0 Å². The van der Waals surface area contributed by atoms with Gasteiger partial charge < -0.3 is 23.7 Å². The highest BCUT2D eigenvalue weighted by Gasteiger charge is 2.59. The van der Waals surface area contributed by atoms with Gasteiger partial charge in [0.15, 0.2) is 11.7 Å². The van der Waals surface area contributed by atoms with E-state index >= 15 is 0 Å². The molecule has 0 amide bonds. The van der Waals surface area contributed by atoms with Crippen molar-refractivity contribution in [2.24, 2.45) is 0 Å². The first-order valence-electron chi connectivity index (χ1n) is 10.2. The molecular weight excluding hydrogens is 412 g/mol. The van der Waals surface area contributed by atoms with Crippen molar-refractivity contribution in [2.45, 2.75) is 51.2 Å². The Hall–Kier alpha value is -3.18. The van der Waals surface area contributed by atoms with Gasteiger partial charge in [-0.05, 0) is 11.1 Å². The van der Waals surface area contributed by atoms with Crippen LogP contribution in [0.2, 0.25) is 0 Å². The molecule has 1 saturated heterocycles. The Kier molecular flexibility index (Phi) is 8.01. The Labute approximate surface area is 187 Å². The number of carbonyl (C=O) groups excluding carboxylic acids is 2. The van der Waals surface area contributed by atoms with Crippen molar-refractivity contribution >= 4 is 11.9 Å². The molecule has 7 nitrogen and oxygen atoms in total. The van der Waals surface area contributed by atoms with Crippen molar-refractivity contribution in [3.05, 3.63) is 71.8 Å². The van der Waals surface area contributed by atoms with Crippen LogP contribution in [0.5, 0.6) is 0 Å². The number of hydrogen-bond acceptors (Lipinski definition) is 7. The molecule has 0 unspecified atom stereocenters. The van der Waals surface area contributed by atoms with Crippen LogP contribution in [0.4, 0.5) is 0 Å². The van der Waals surface area contributed by atoms with E-state index in [1.54, 1.807) is 0 Å². The Morgan fingerprint density at radius 1 is 0.938 bits per heavy atom. The summed E-state index contributed by atoms with van der Waals surface area (Å²) in [6.45, 7) is 2.89. The Morgan fingerprint density at radius 3 is 2.03 bits per heavy atom. The van der Waals surface area contributed by atoms with Crippen molar-refractivity contribution < 1.29 is 33.3 Å². The van der Waals surface area contributed by atoms with Gasteiger partial charge in [-0.3, -0.25) is 9.59 Å². The van der Waals surface area contributed by atoms with Gasteiger partial charge in [-0.25, -0.2) is 0 Å². The lowest BCUT2D eigenvalue weighted by atomic mass is 9.96. The number of hydrogen-bond donors (Lipinski definition) is 0. The van der Waals surface area contributed by atoms with E-state index in [0.717, 1.165) is 11.1 Å². The molecule has 1 heterocycles. The van der Waals surface area contributed by atoms with Gasteiger partial charge in [0.2, 0.25) is 6.29 Å². The number of carbonyl (C=O) groups is 2. The molecule has 1 aliphatic rings. The Balaban J connectivity index is 1.84. The highest BCUT2D eigenvalue weighted by molar-refractivity contribution is 5.67. The third-order valence-corrected chi connectivity index (χ3v) is 4.88. The molecule has 0 N–H and O–H groups in total. The zero-order valence-electron chi connectivity index (χ0n) is 18.1. The van der Waals surface area contributed by atoms with Gasteiger partial charge in [0.05, 0.1) is 19.8 Å². The summed E-state index contributed by atoms with van der Waals surface area (Å²) < 4.78 is 28.6. The third kappa shape index (κ3) is 5.95. The first-order valence-corrected chi connectivity index (χ1v) is 10.2. The summed E-state index contributed by atoms with van der Waals surface area (Å²) >= 11 is 0. The van der Waals surface area contributed by atoms with Gasteiger partial charge in [-0.2, -0.15) is 0 Å². The van der Waals surface area contributed by atoms with Crippen LogP contribution in [0.1, 0.15) is 25.0 Å². The Bertz CT molecular complexity index is 938. The number of esters is 2. The summed E-state index contributed by atoms with van der Waals surface area (Å²) in [6.07, 6.45) is 2.66. The van der Waals surface area contributed by atoms with Crippen LogP contribution in [-0.2, 0) is 46.5 Å². The second-order valence-electron chi connectivity index (χ2n) is 7.40. The first kappa shape index (κ1) is 23.5. The minimum atomic E-state index is -1.44.